The first-order valence-electron chi connectivity index (χ1n) is 9.14. The Morgan fingerprint density at radius 3 is 2.86 bits per heavy atom. The molecular formula is C19H24FN5O3. The lowest BCUT2D eigenvalue weighted by Gasteiger charge is -2.17. The van der Waals surface area contributed by atoms with Gasteiger partial charge in [-0.1, -0.05) is 12.1 Å². The maximum absolute atomic E-state index is 13.1. The summed E-state index contributed by atoms with van der Waals surface area (Å²) >= 11 is 0. The molecule has 0 saturated carbocycles. The van der Waals surface area contributed by atoms with E-state index in [0.717, 1.165) is 12.0 Å². The van der Waals surface area contributed by atoms with Gasteiger partial charge in [-0.2, -0.15) is 5.10 Å². The van der Waals surface area contributed by atoms with E-state index in [0.29, 0.717) is 31.9 Å². The van der Waals surface area contributed by atoms with Crippen molar-refractivity contribution in [3.8, 4) is 0 Å². The zero-order valence-electron chi connectivity index (χ0n) is 15.7. The second kappa shape index (κ2) is 9.32. The summed E-state index contributed by atoms with van der Waals surface area (Å²) in [6, 6.07) is 6.20. The molecule has 1 saturated heterocycles. The second-order valence-corrected chi connectivity index (χ2v) is 6.68. The third-order valence-corrected chi connectivity index (χ3v) is 4.64. The van der Waals surface area contributed by atoms with E-state index in [9.17, 15) is 14.0 Å². The Hall–Kier alpha value is -2.94. The number of rotatable bonds is 7. The molecule has 1 unspecified atom stereocenters. The Labute approximate surface area is 162 Å². The first-order valence-corrected chi connectivity index (χ1v) is 9.14. The number of amides is 3. The van der Waals surface area contributed by atoms with Gasteiger partial charge < -0.3 is 20.3 Å². The summed E-state index contributed by atoms with van der Waals surface area (Å²) < 4.78 is 19.4. The number of hydrogen-bond acceptors (Lipinski definition) is 4. The van der Waals surface area contributed by atoms with Crippen molar-refractivity contribution in [1.82, 2.24) is 20.0 Å². The average Bonchev–Trinajstić information content (AvgIpc) is 3.32. The number of carbonyl (C=O) groups is 2. The monoisotopic (exact) mass is 389 g/mol. The minimum Gasteiger partial charge on any atom is -0.383 e. The van der Waals surface area contributed by atoms with Crippen LogP contribution in [0.3, 0.4) is 0 Å². The van der Waals surface area contributed by atoms with Crippen LogP contribution in [0.2, 0.25) is 0 Å². The molecule has 0 radical (unpaired) electrons. The van der Waals surface area contributed by atoms with Crippen LogP contribution < -0.4 is 10.6 Å². The summed E-state index contributed by atoms with van der Waals surface area (Å²) in [7, 11) is 1.57. The van der Waals surface area contributed by atoms with Crippen LogP contribution in [-0.2, 0) is 16.1 Å². The van der Waals surface area contributed by atoms with E-state index >= 15 is 0 Å². The van der Waals surface area contributed by atoms with Crippen molar-refractivity contribution < 1.29 is 18.7 Å². The molecular weight excluding hydrogens is 365 g/mol. The highest BCUT2D eigenvalue weighted by molar-refractivity contribution is 5.89. The van der Waals surface area contributed by atoms with Gasteiger partial charge in [-0.15, -0.1) is 0 Å². The Balaban J connectivity index is 1.48. The smallest absolute Gasteiger partial charge is 0.321 e. The first-order chi connectivity index (χ1) is 13.5. The predicted octanol–water partition coefficient (Wildman–Crippen LogP) is 1.81. The molecule has 9 heteroatoms. The van der Waals surface area contributed by atoms with Gasteiger partial charge in [-0.05, 0) is 24.1 Å². The zero-order chi connectivity index (χ0) is 19.9. The number of methoxy groups -OCH3 is 1. The Morgan fingerprint density at radius 1 is 1.32 bits per heavy atom. The fraction of sp³-hybridized carbons (Fsp3) is 0.421. The molecule has 0 bridgehead atoms. The first kappa shape index (κ1) is 19.8. The van der Waals surface area contributed by atoms with Crippen LogP contribution >= 0.6 is 0 Å². The molecule has 150 valence electrons. The van der Waals surface area contributed by atoms with Crippen molar-refractivity contribution in [3.05, 3.63) is 48.0 Å². The molecule has 28 heavy (non-hydrogen) atoms. The van der Waals surface area contributed by atoms with Gasteiger partial charge in [-0.25, -0.2) is 9.18 Å². The van der Waals surface area contributed by atoms with E-state index < -0.39 is 0 Å². The van der Waals surface area contributed by atoms with Gasteiger partial charge in [0.1, 0.15) is 12.4 Å². The number of anilines is 1. The number of aromatic nitrogens is 2. The molecule has 1 aliphatic heterocycles. The van der Waals surface area contributed by atoms with Gasteiger partial charge in [0, 0.05) is 38.9 Å². The van der Waals surface area contributed by atoms with E-state index in [4.69, 9.17) is 4.74 Å². The van der Waals surface area contributed by atoms with Gasteiger partial charge in [0.05, 0.1) is 18.5 Å². The van der Waals surface area contributed by atoms with Crippen LogP contribution in [-0.4, -0.2) is 60.0 Å². The Morgan fingerprint density at radius 2 is 2.11 bits per heavy atom. The SMILES string of the molecule is COCCNC(=O)Cn1cc(NC(=O)N2CCC(c3ccc(F)cc3)C2)cn1. The zero-order valence-corrected chi connectivity index (χ0v) is 15.7. The number of nitrogens with zero attached hydrogens (tertiary/aromatic N) is 3. The molecule has 2 heterocycles. The number of carbonyl (C=O) groups excluding carboxylic acids is 2. The highest BCUT2D eigenvalue weighted by Gasteiger charge is 2.27. The number of halogens is 1. The summed E-state index contributed by atoms with van der Waals surface area (Å²) in [5, 5.41) is 9.60. The van der Waals surface area contributed by atoms with Crippen molar-refractivity contribution >= 4 is 17.6 Å². The Bertz CT molecular complexity index is 808. The van der Waals surface area contributed by atoms with Crippen LogP contribution in [0.25, 0.3) is 0 Å². The number of urea groups is 1. The molecule has 3 rings (SSSR count). The van der Waals surface area contributed by atoms with Crippen molar-refractivity contribution in [1.29, 1.82) is 0 Å². The number of likely N-dealkylation sites (tertiary alicyclic amines) is 1. The highest BCUT2D eigenvalue weighted by Crippen LogP contribution is 2.27. The third kappa shape index (κ3) is 5.29. The fourth-order valence-electron chi connectivity index (χ4n) is 3.16. The van der Waals surface area contributed by atoms with Crippen molar-refractivity contribution in [2.24, 2.45) is 0 Å². The fourth-order valence-corrected chi connectivity index (χ4v) is 3.16. The molecule has 1 aromatic heterocycles. The molecule has 1 atom stereocenters. The minimum absolute atomic E-state index is 0.0654. The topological polar surface area (TPSA) is 88.5 Å². The number of ether oxygens (including phenoxy) is 1. The molecule has 1 aliphatic rings. The van der Waals surface area contributed by atoms with Crippen LogP contribution in [0.1, 0.15) is 17.9 Å². The number of benzene rings is 1. The lowest BCUT2D eigenvalue weighted by atomic mass is 9.99. The van der Waals surface area contributed by atoms with Gasteiger partial charge in [0.2, 0.25) is 5.91 Å². The normalized spacial score (nSPS) is 16.2. The minimum atomic E-state index is -0.263. The lowest BCUT2D eigenvalue weighted by Crippen LogP contribution is -2.32. The number of hydrogen-bond donors (Lipinski definition) is 2. The predicted molar refractivity (Wildman–Crippen MR) is 101 cm³/mol. The Kier molecular flexibility index (Phi) is 6.59. The van der Waals surface area contributed by atoms with Crippen LogP contribution in [0, 0.1) is 5.82 Å². The number of nitrogens with one attached hydrogen (secondary N) is 2. The highest BCUT2D eigenvalue weighted by atomic mass is 19.1. The van der Waals surface area contributed by atoms with Gasteiger partial charge in [0.25, 0.3) is 0 Å². The summed E-state index contributed by atoms with van der Waals surface area (Å²) in [5.74, 6) is -0.245. The van der Waals surface area contributed by atoms with Gasteiger partial charge in [-0.3, -0.25) is 9.48 Å². The quantitative estimate of drug-likeness (QED) is 0.707. The largest absolute Gasteiger partial charge is 0.383 e. The van der Waals surface area contributed by atoms with Crippen molar-refractivity contribution in [2.75, 3.05) is 38.7 Å². The summed E-state index contributed by atoms with van der Waals surface area (Å²) in [4.78, 5) is 26.0. The van der Waals surface area contributed by atoms with Gasteiger partial charge in [0.15, 0.2) is 0 Å². The van der Waals surface area contributed by atoms with Crippen LogP contribution in [0.4, 0.5) is 14.9 Å². The molecule has 1 aromatic carbocycles. The lowest BCUT2D eigenvalue weighted by molar-refractivity contribution is -0.122. The molecule has 2 aromatic rings. The van der Waals surface area contributed by atoms with E-state index in [1.165, 1.54) is 23.0 Å². The van der Waals surface area contributed by atoms with Crippen molar-refractivity contribution in [3.63, 3.8) is 0 Å². The summed E-state index contributed by atoms with van der Waals surface area (Å²) in [6.45, 7) is 2.15. The van der Waals surface area contributed by atoms with E-state index in [1.807, 2.05) is 0 Å². The molecule has 3 amide bonds. The average molecular weight is 389 g/mol. The molecule has 0 spiro atoms. The maximum atomic E-state index is 13.1. The van der Waals surface area contributed by atoms with Crippen LogP contribution in [0.15, 0.2) is 36.7 Å². The second-order valence-electron chi connectivity index (χ2n) is 6.68. The van der Waals surface area contributed by atoms with Crippen LogP contribution in [0.5, 0.6) is 0 Å². The maximum Gasteiger partial charge on any atom is 0.321 e. The molecule has 1 fully saturated rings. The van der Waals surface area contributed by atoms with E-state index in [1.54, 1.807) is 30.3 Å². The summed E-state index contributed by atoms with van der Waals surface area (Å²) in [6.07, 6.45) is 3.95. The van der Waals surface area contributed by atoms with E-state index in [-0.39, 0.29) is 30.2 Å². The molecule has 0 aliphatic carbocycles. The standard InChI is InChI=1S/C19H24FN5O3/c1-28-9-7-21-18(26)13-25-12-17(10-22-25)23-19(27)24-8-6-15(11-24)14-2-4-16(20)5-3-14/h2-5,10,12,15H,6-9,11,13H2,1H3,(H,21,26)(H,23,27). The van der Waals surface area contributed by atoms with Crippen molar-refractivity contribution in [2.45, 2.75) is 18.9 Å². The summed E-state index contributed by atoms with van der Waals surface area (Å²) in [5.41, 5.74) is 1.56. The molecule has 2 N–H and O–H groups in total. The van der Waals surface area contributed by atoms with E-state index in [2.05, 4.69) is 15.7 Å². The molecule has 8 nitrogen and oxygen atoms in total. The van der Waals surface area contributed by atoms with Gasteiger partial charge >= 0.3 is 6.03 Å². The third-order valence-electron chi connectivity index (χ3n) is 4.64.